The van der Waals surface area contributed by atoms with Gasteiger partial charge in [-0.2, -0.15) is 0 Å². The SMILES string of the molecule is COC[C@]12CN(C)C3C4[C@H](OC)[C@H]1C3([C@@H](OC)CC2O)[C@@H]1C[C@]2(O)[C@@H](O)C1[C@]4(O)[C@@H](O)[C@@H]2OC. The van der Waals surface area contributed by atoms with E-state index in [4.69, 9.17) is 18.9 Å². The van der Waals surface area contributed by atoms with Crippen LogP contribution in [0.2, 0.25) is 0 Å². The molecule has 1 saturated heterocycles. The van der Waals surface area contributed by atoms with Gasteiger partial charge in [-0.3, -0.25) is 0 Å². The fraction of sp³-hybridized carbons (Fsp3) is 1.00. The van der Waals surface area contributed by atoms with E-state index in [1.807, 2.05) is 7.05 Å². The molecule has 5 aliphatic carbocycles. The highest BCUT2D eigenvalue weighted by Gasteiger charge is 2.90. The van der Waals surface area contributed by atoms with Crippen LogP contribution in [-0.2, 0) is 18.9 Å². The van der Waals surface area contributed by atoms with Crippen LogP contribution < -0.4 is 0 Å². The zero-order valence-electron chi connectivity index (χ0n) is 20.5. The molecule has 10 heteroatoms. The van der Waals surface area contributed by atoms with Gasteiger partial charge in [0.15, 0.2) is 0 Å². The molecule has 0 aromatic heterocycles. The second-order valence-electron chi connectivity index (χ2n) is 12.0. The second kappa shape index (κ2) is 7.12. The summed E-state index contributed by atoms with van der Waals surface area (Å²) in [5.74, 6) is -2.05. The average molecular weight is 486 g/mol. The van der Waals surface area contributed by atoms with E-state index in [1.165, 1.54) is 7.11 Å². The van der Waals surface area contributed by atoms with Crippen molar-refractivity contribution in [3.05, 3.63) is 0 Å². The maximum atomic E-state index is 12.5. The van der Waals surface area contributed by atoms with Crippen LogP contribution in [0.3, 0.4) is 0 Å². The Morgan fingerprint density at radius 2 is 1.65 bits per heavy atom. The maximum Gasteiger partial charge on any atom is 0.120 e. The maximum absolute atomic E-state index is 12.5. The minimum Gasteiger partial charge on any atom is -0.392 e. The predicted octanol–water partition coefficient (Wildman–Crippen LogP) is -2.18. The summed E-state index contributed by atoms with van der Waals surface area (Å²) < 4.78 is 23.6. The molecule has 10 nitrogen and oxygen atoms in total. The lowest BCUT2D eigenvalue weighted by Crippen LogP contribution is -2.80. The van der Waals surface area contributed by atoms with Crippen molar-refractivity contribution in [2.75, 3.05) is 48.6 Å². The zero-order valence-corrected chi connectivity index (χ0v) is 20.5. The number of piperidine rings is 1. The molecular weight excluding hydrogens is 446 g/mol. The smallest absolute Gasteiger partial charge is 0.120 e. The number of rotatable bonds is 5. The van der Waals surface area contributed by atoms with Gasteiger partial charge in [0.1, 0.15) is 23.4 Å². The fourth-order valence-electron chi connectivity index (χ4n) is 10.9. The first kappa shape index (κ1) is 24.0. The largest absolute Gasteiger partial charge is 0.392 e. The number of hydrogen-bond acceptors (Lipinski definition) is 10. The molecule has 6 aliphatic rings. The van der Waals surface area contributed by atoms with E-state index < -0.39 is 76.4 Å². The van der Waals surface area contributed by atoms with Gasteiger partial charge in [-0.15, -0.1) is 0 Å². The first-order chi connectivity index (χ1) is 16.1. The van der Waals surface area contributed by atoms with Gasteiger partial charge in [0.05, 0.1) is 31.0 Å². The third-order valence-electron chi connectivity index (χ3n) is 11.4. The third kappa shape index (κ3) is 2.14. The van der Waals surface area contributed by atoms with E-state index in [1.54, 1.807) is 21.3 Å². The number of likely N-dealkylation sites (tertiary alicyclic amines) is 1. The van der Waals surface area contributed by atoms with Gasteiger partial charge in [-0.05, 0) is 19.4 Å². The van der Waals surface area contributed by atoms with Crippen LogP contribution in [0.1, 0.15) is 12.8 Å². The number of aliphatic hydroxyl groups is 5. The average Bonchev–Trinajstić information content (AvgIpc) is 3.17. The molecule has 5 unspecified atom stereocenters. The molecule has 7 bridgehead atoms. The number of methoxy groups -OCH3 is 4. The van der Waals surface area contributed by atoms with Gasteiger partial charge in [0.2, 0.25) is 0 Å². The first-order valence-electron chi connectivity index (χ1n) is 12.3. The molecular formula is C24H39NO9. The Labute approximate surface area is 199 Å². The number of nitrogens with zero attached hydrogens (tertiary/aromatic N) is 1. The van der Waals surface area contributed by atoms with Gasteiger partial charge in [0.25, 0.3) is 0 Å². The lowest BCUT2D eigenvalue weighted by Gasteiger charge is -2.69. The van der Waals surface area contributed by atoms with E-state index in [2.05, 4.69) is 4.90 Å². The number of aliphatic hydroxyl groups excluding tert-OH is 3. The molecule has 6 fully saturated rings. The van der Waals surface area contributed by atoms with Crippen molar-refractivity contribution < 1.29 is 44.5 Å². The Hall–Kier alpha value is -0.400. The highest BCUT2D eigenvalue weighted by atomic mass is 16.5. The van der Waals surface area contributed by atoms with Gasteiger partial charge >= 0.3 is 0 Å². The number of ether oxygens (including phenoxy) is 4. The minimum atomic E-state index is -1.76. The summed E-state index contributed by atoms with van der Waals surface area (Å²) in [6, 6.07) is -0.254. The highest BCUT2D eigenvalue weighted by Crippen LogP contribution is 2.79. The molecule has 5 saturated carbocycles. The van der Waals surface area contributed by atoms with Gasteiger partial charge in [0, 0.05) is 76.0 Å². The van der Waals surface area contributed by atoms with E-state index in [0.29, 0.717) is 19.6 Å². The Kier molecular flexibility index (Phi) is 5.02. The fourth-order valence-corrected chi connectivity index (χ4v) is 10.9. The quantitative estimate of drug-likeness (QED) is 0.292. The van der Waals surface area contributed by atoms with E-state index in [0.717, 1.165) is 0 Å². The summed E-state index contributed by atoms with van der Waals surface area (Å²) in [6.07, 6.45) is -4.96. The van der Waals surface area contributed by atoms with E-state index >= 15 is 0 Å². The lowest BCUT2D eigenvalue weighted by molar-refractivity contribution is -0.319. The summed E-state index contributed by atoms with van der Waals surface area (Å²) in [7, 11) is 8.24. The van der Waals surface area contributed by atoms with Crippen molar-refractivity contribution >= 4 is 0 Å². The summed E-state index contributed by atoms with van der Waals surface area (Å²) in [5.41, 5.74) is -4.81. The van der Waals surface area contributed by atoms with Crippen molar-refractivity contribution in [2.24, 2.45) is 34.5 Å². The Morgan fingerprint density at radius 1 is 0.941 bits per heavy atom. The number of fused-ring (bicyclic) bond motifs is 2. The topological polar surface area (TPSA) is 141 Å². The summed E-state index contributed by atoms with van der Waals surface area (Å²) in [6.45, 7) is 0.836. The van der Waals surface area contributed by atoms with Gasteiger partial charge in [-0.1, -0.05) is 0 Å². The second-order valence-corrected chi connectivity index (χ2v) is 12.0. The Balaban J connectivity index is 1.67. The molecule has 0 aromatic carbocycles. The van der Waals surface area contributed by atoms with Crippen molar-refractivity contribution in [1.29, 1.82) is 0 Å². The molecule has 0 radical (unpaired) electrons. The normalized spacial score (nSPS) is 63.9. The van der Waals surface area contributed by atoms with Crippen LogP contribution in [-0.4, -0.2) is 133 Å². The molecule has 34 heavy (non-hydrogen) atoms. The number of hydrogen-bond donors (Lipinski definition) is 5. The molecule has 1 spiro atoms. The summed E-state index contributed by atoms with van der Waals surface area (Å²) >= 11 is 0. The van der Waals surface area contributed by atoms with Crippen LogP contribution in [0.15, 0.2) is 0 Å². The predicted molar refractivity (Wildman–Crippen MR) is 117 cm³/mol. The Morgan fingerprint density at radius 3 is 2.24 bits per heavy atom. The molecule has 5 N–H and O–H groups in total. The van der Waals surface area contributed by atoms with Crippen LogP contribution in [0, 0.1) is 34.5 Å². The summed E-state index contributed by atoms with van der Waals surface area (Å²) in [5, 5.41) is 58.9. The highest BCUT2D eigenvalue weighted by molar-refractivity contribution is 5.39. The molecule has 15 atom stereocenters. The molecule has 1 heterocycles. The van der Waals surface area contributed by atoms with E-state index in [9.17, 15) is 25.5 Å². The monoisotopic (exact) mass is 485 g/mol. The standard InChI is InChI=1S/C24H39NO9/c1-25-8-21(9-31-2)11(26)6-12(32-3)23-10-7-22(29)18(27)13(10)24(30,19(28)20(22)34-5)14(17(23)25)15(33-4)16(21)23/h10-20,26-30H,6-9H2,1-5H3/t10-,11?,12+,13?,14?,15+,16-,17?,18+,19+,20+,21+,22+,23?,24-/m1/s1. The van der Waals surface area contributed by atoms with Gasteiger partial charge in [-0.25, -0.2) is 0 Å². The summed E-state index contributed by atoms with van der Waals surface area (Å²) in [4.78, 5) is 2.17. The lowest BCUT2D eigenvalue weighted by atomic mass is 9.42. The van der Waals surface area contributed by atoms with Crippen molar-refractivity contribution in [3.63, 3.8) is 0 Å². The van der Waals surface area contributed by atoms with Crippen LogP contribution >= 0.6 is 0 Å². The van der Waals surface area contributed by atoms with Crippen molar-refractivity contribution in [2.45, 2.75) is 66.7 Å². The first-order valence-corrected chi connectivity index (χ1v) is 12.3. The Bertz CT molecular complexity index is 862. The van der Waals surface area contributed by atoms with Crippen LogP contribution in [0.4, 0.5) is 0 Å². The van der Waals surface area contributed by atoms with Crippen molar-refractivity contribution in [1.82, 2.24) is 4.90 Å². The van der Waals surface area contributed by atoms with Gasteiger partial charge < -0.3 is 49.4 Å². The minimum absolute atomic E-state index is 0.153. The molecule has 0 aromatic rings. The van der Waals surface area contributed by atoms with Crippen LogP contribution in [0.25, 0.3) is 0 Å². The van der Waals surface area contributed by atoms with Crippen molar-refractivity contribution in [3.8, 4) is 0 Å². The zero-order chi connectivity index (χ0) is 24.6. The molecule has 6 rings (SSSR count). The molecule has 1 aliphatic heterocycles. The van der Waals surface area contributed by atoms with E-state index in [-0.39, 0.29) is 18.4 Å². The molecule has 0 amide bonds. The third-order valence-corrected chi connectivity index (χ3v) is 11.4. The molecule has 194 valence electrons. The van der Waals surface area contributed by atoms with Crippen LogP contribution in [0.5, 0.6) is 0 Å².